The van der Waals surface area contributed by atoms with E-state index in [1.165, 1.54) is 0 Å². The van der Waals surface area contributed by atoms with Crippen molar-refractivity contribution in [2.45, 2.75) is 0 Å². The van der Waals surface area contributed by atoms with Gasteiger partial charge in [-0.3, -0.25) is 9.13 Å². The van der Waals surface area contributed by atoms with Crippen molar-refractivity contribution in [2.75, 3.05) is 0 Å². The van der Waals surface area contributed by atoms with E-state index in [0.29, 0.717) is 17.7 Å². The molecule has 0 aliphatic carbocycles. The van der Waals surface area contributed by atoms with E-state index in [1.54, 1.807) is 0 Å². The number of fused-ring (bicyclic) bond motifs is 12. The third-order valence-corrected chi connectivity index (χ3v) is 12.8. The van der Waals surface area contributed by atoms with E-state index in [0.717, 1.165) is 115 Å². The molecular weight excluding hydrogens is 787 g/mol. The maximum absolute atomic E-state index is 6.52. The number of furan rings is 2. The van der Waals surface area contributed by atoms with Crippen molar-refractivity contribution in [1.82, 2.24) is 24.1 Å². The average Bonchev–Trinajstić information content (AvgIpc) is 4.11. The quantitative estimate of drug-likeness (QED) is 0.173. The summed E-state index contributed by atoms with van der Waals surface area (Å²) in [5.41, 5.74) is 12.4. The molecule has 0 aliphatic heterocycles. The predicted molar refractivity (Wildman–Crippen MR) is 259 cm³/mol. The highest BCUT2D eigenvalue weighted by atomic mass is 16.3. The first kappa shape index (κ1) is 34.9. The van der Waals surface area contributed by atoms with Crippen molar-refractivity contribution in [3.8, 4) is 45.5 Å². The van der Waals surface area contributed by atoms with Gasteiger partial charge >= 0.3 is 0 Å². The Bertz CT molecular complexity index is 4170. The monoisotopic (exact) mass is 819 g/mol. The molecule has 14 rings (SSSR count). The third kappa shape index (κ3) is 5.06. The Labute approximate surface area is 364 Å². The smallest absolute Gasteiger partial charge is 0.240 e. The van der Waals surface area contributed by atoms with Crippen LogP contribution in [0.15, 0.2) is 209 Å². The summed E-state index contributed by atoms with van der Waals surface area (Å²) in [4.78, 5) is 16.2. The molecule has 0 saturated carbocycles. The summed E-state index contributed by atoms with van der Waals surface area (Å²) in [5.74, 6) is 1.56. The lowest BCUT2D eigenvalue weighted by atomic mass is 9.96. The van der Waals surface area contributed by atoms with E-state index in [1.807, 2.05) is 30.3 Å². The third-order valence-electron chi connectivity index (χ3n) is 12.8. The summed E-state index contributed by atoms with van der Waals surface area (Å²) < 4.78 is 17.3. The molecule has 0 atom stereocenters. The minimum atomic E-state index is 0.508. The summed E-state index contributed by atoms with van der Waals surface area (Å²) in [6, 6.07) is 69.7. The molecule has 0 spiro atoms. The molecule has 298 valence electrons. The lowest BCUT2D eigenvalue weighted by Gasteiger charge is -2.14. The van der Waals surface area contributed by atoms with Crippen LogP contribution in [0.2, 0.25) is 0 Å². The fourth-order valence-electron chi connectivity index (χ4n) is 9.97. The highest BCUT2D eigenvalue weighted by Crippen LogP contribution is 2.42. The van der Waals surface area contributed by atoms with Crippen LogP contribution in [0.5, 0.6) is 0 Å². The molecule has 0 saturated heterocycles. The average molecular weight is 820 g/mol. The molecule has 7 heteroatoms. The minimum Gasteiger partial charge on any atom is -0.456 e. The van der Waals surface area contributed by atoms with Crippen molar-refractivity contribution in [2.24, 2.45) is 0 Å². The van der Waals surface area contributed by atoms with Crippen LogP contribution in [0.4, 0.5) is 0 Å². The second-order valence-corrected chi connectivity index (χ2v) is 16.4. The normalized spacial score (nSPS) is 12.1. The first-order valence-electron chi connectivity index (χ1n) is 21.4. The van der Waals surface area contributed by atoms with Gasteiger partial charge in [0, 0.05) is 59.8 Å². The highest BCUT2D eigenvalue weighted by molar-refractivity contribution is 6.15. The lowest BCUT2D eigenvalue weighted by Crippen LogP contribution is -2.10. The van der Waals surface area contributed by atoms with Crippen molar-refractivity contribution in [3.05, 3.63) is 200 Å². The van der Waals surface area contributed by atoms with E-state index >= 15 is 0 Å². The molecule has 0 fully saturated rings. The number of rotatable bonds is 5. The first-order chi connectivity index (χ1) is 31.7. The van der Waals surface area contributed by atoms with E-state index in [-0.39, 0.29) is 0 Å². The molecule has 0 aliphatic rings. The van der Waals surface area contributed by atoms with Gasteiger partial charge in [-0.05, 0) is 59.7 Å². The largest absolute Gasteiger partial charge is 0.456 e. The lowest BCUT2D eigenvalue weighted by molar-refractivity contribution is 0.669. The first-order valence-corrected chi connectivity index (χ1v) is 21.4. The predicted octanol–water partition coefficient (Wildman–Crippen LogP) is 14.9. The number of benzene rings is 9. The number of nitrogens with zero attached hydrogens (tertiary/aromatic N) is 5. The second kappa shape index (κ2) is 13.3. The van der Waals surface area contributed by atoms with E-state index < -0.39 is 0 Å². The Hall–Kier alpha value is -8.81. The van der Waals surface area contributed by atoms with Crippen molar-refractivity contribution in [1.29, 1.82) is 0 Å². The second-order valence-electron chi connectivity index (χ2n) is 16.4. The van der Waals surface area contributed by atoms with Crippen LogP contribution in [-0.4, -0.2) is 24.1 Å². The summed E-state index contributed by atoms with van der Waals surface area (Å²) in [6.45, 7) is 0. The number of para-hydroxylation sites is 7. The summed E-state index contributed by atoms with van der Waals surface area (Å²) in [5, 5.41) is 8.78. The molecule has 0 bridgehead atoms. The Balaban J connectivity index is 1.04. The fourth-order valence-corrected chi connectivity index (χ4v) is 9.97. The van der Waals surface area contributed by atoms with Crippen LogP contribution >= 0.6 is 0 Å². The molecule has 9 aromatic carbocycles. The summed E-state index contributed by atoms with van der Waals surface area (Å²) in [7, 11) is 0. The van der Waals surface area contributed by atoms with E-state index in [9.17, 15) is 0 Å². The highest BCUT2D eigenvalue weighted by Gasteiger charge is 2.23. The van der Waals surface area contributed by atoms with Crippen molar-refractivity contribution < 1.29 is 8.83 Å². The van der Waals surface area contributed by atoms with Gasteiger partial charge < -0.3 is 8.83 Å². The van der Waals surface area contributed by atoms with Gasteiger partial charge in [-0.25, -0.2) is 0 Å². The van der Waals surface area contributed by atoms with Gasteiger partial charge in [0.1, 0.15) is 22.3 Å². The molecule has 14 aromatic rings. The standard InChI is InChI=1S/C57H33N5O2/c1-6-25-47-39(16-1)40-17-2-7-26-48(40)61(47)56-58-55(36-30-31-44-42-19-4-9-28-50(42)63-52(44)33-36)59-57(60-56)62-49-27-8-3-18-41(49)45-23-12-21-37(53(45)62)34-14-11-15-35(32-34)38-22-13-24-46-43-20-5-10-29-51(43)64-54(38)46/h1-33H. The number of hydrogen-bond donors (Lipinski definition) is 0. The number of hydrogen-bond acceptors (Lipinski definition) is 5. The Morgan fingerprint density at radius 3 is 1.53 bits per heavy atom. The van der Waals surface area contributed by atoms with Gasteiger partial charge in [-0.1, -0.05) is 152 Å². The Morgan fingerprint density at radius 2 is 0.812 bits per heavy atom. The van der Waals surface area contributed by atoms with Gasteiger partial charge in [-0.15, -0.1) is 0 Å². The summed E-state index contributed by atoms with van der Waals surface area (Å²) in [6.07, 6.45) is 0. The summed E-state index contributed by atoms with van der Waals surface area (Å²) >= 11 is 0. The molecule has 5 aromatic heterocycles. The van der Waals surface area contributed by atoms with Gasteiger partial charge in [0.05, 0.1) is 22.1 Å². The molecule has 5 heterocycles. The molecule has 0 radical (unpaired) electrons. The van der Waals surface area contributed by atoms with Crippen LogP contribution < -0.4 is 0 Å². The van der Waals surface area contributed by atoms with E-state index in [4.69, 9.17) is 23.8 Å². The molecule has 0 amide bonds. The van der Waals surface area contributed by atoms with Crippen LogP contribution in [0.25, 0.3) is 133 Å². The molecule has 0 unspecified atom stereocenters. The van der Waals surface area contributed by atoms with Gasteiger partial charge in [0.2, 0.25) is 11.9 Å². The van der Waals surface area contributed by atoms with Crippen molar-refractivity contribution in [3.63, 3.8) is 0 Å². The van der Waals surface area contributed by atoms with Gasteiger partial charge in [0.25, 0.3) is 0 Å². The maximum atomic E-state index is 6.52. The number of aromatic nitrogens is 5. The minimum absolute atomic E-state index is 0.508. The zero-order valence-corrected chi connectivity index (χ0v) is 34.1. The SMILES string of the molecule is c1cc(-c2cccc3c2oc2ccccc23)cc(-c2cccc3c4ccccc4n(-c4nc(-c5ccc6c(c5)oc5ccccc56)nc(-n5c6ccccc6c6ccccc65)n4)c23)c1. The fraction of sp³-hybridized carbons (Fsp3) is 0. The van der Waals surface area contributed by atoms with Gasteiger partial charge in [0.15, 0.2) is 5.82 Å². The maximum Gasteiger partial charge on any atom is 0.240 e. The topological polar surface area (TPSA) is 74.8 Å². The van der Waals surface area contributed by atoms with Crippen molar-refractivity contribution >= 4 is 87.5 Å². The molecular formula is C57H33N5O2. The van der Waals surface area contributed by atoms with Crippen LogP contribution in [0.1, 0.15) is 0 Å². The van der Waals surface area contributed by atoms with Gasteiger partial charge in [-0.2, -0.15) is 15.0 Å². The molecule has 64 heavy (non-hydrogen) atoms. The van der Waals surface area contributed by atoms with Crippen LogP contribution in [0, 0.1) is 0 Å². The Morgan fingerprint density at radius 1 is 0.312 bits per heavy atom. The van der Waals surface area contributed by atoms with E-state index in [2.05, 4.69) is 179 Å². The van der Waals surface area contributed by atoms with Crippen LogP contribution in [-0.2, 0) is 0 Å². The molecule has 0 N–H and O–H groups in total. The van der Waals surface area contributed by atoms with Crippen LogP contribution in [0.3, 0.4) is 0 Å². The zero-order valence-electron chi connectivity index (χ0n) is 34.1. The Kier molecular flexibility index (Phi) is 7.27. The zero-order chi connectivity index (χ0) is 41.9. The molecule has 7 nitrogen and oxygen atoms in total.